The maximum atomic E-state index is 12.5. The van der Waals surface area contributed by atoms with E-state index < -0.39 is 5.91 Å². The number of methoxy groups -OCH3 is 2. The summed E-state index contributed by atoms with van der Waals surface area (Å²) in [7, 11) is 3.01. The number of anilines is 1. The van der Waals surface area contributed by atoms with Crippen LogP contribution in [-0.2, 0) is 0 Å². The molecule has 3 aromatic rings. The normalized spacial score (nSPS) is 10.6. The van der Waals surface area contributed by atoms with Crippen LogP contribution in [0.25, 0.3) is 4.96 Å². The summed E-state index contributed by atoms with van der Waals surface area (Å²) >= 11 is 1.36. The first-order valence-electron chi connectivity index (χ1n) is 7.05. The molecule has 0 saturated heterocycles. The number of aromatic nitrogens is 2. The second-order valence-electron chi connectivity index (χ2n) is 4.96. The second kappa shape index (κ2) is 6.32. The number of rotatable bonds is 4. The van der Waals surface area contributed by atoms with Gasteiger partial charge in [0, 0.05) is 17.1 Å². The van der Waals surface area contributed by atoms with Gasteiger partial charge in [0.05, 0.1) is 19.9 Å². The van der Waals surface area contributed by atoms with Gasteiger partial charge in [-0.25, -0.2) is 4.98 Å². The van der Waals surface area contributed by atoms with Crippen molar-refractivity contribution < 1.29 is 14.3 Å². The number of nitrogens with one attached hydrogen (secondary N) is 1. The highest BCUT2D eigenvalue weighted by Gasteiger charge is 2.16. The minimum atomic E-state index is -0.423. The zero-order valence-electron chi connectivity index (χ0n) is 13.3. The Bertz CT molecular complexity index is 977. The van der Waals surface area contributed by atoms with Gasteiger partial charge in [0.1, 0.15) is 5.69 Å². The van der Waals surface area contributed by atoms with E-state index in [0.717, 1.165) is 0 Å². The number of aryl methyl sites for hydroxylation is 1. The Morgan fingerprint density at radius 3 is 2.71 bits per heavy atom. The van der Waals surface area contributed by atoms with Gasteiger partial charge in [0.2, 0.25) is 0 Å². The third-order valence-corrected chi connectivity index (χ3v) is 4.29. The molecule has 0 spiro atoms. The SMILES string of the molecule is COc1ccc(C(=O)Nc2c(C)nc3sccn3c2=O)cc1OC. The number of carbonyl (C=O) groups is 1. The van der Waals surface area contributed by atoms with Crippen LogP contribution < -0.4 is 20.3 Å². The molecule has 0 bridgehead atoms. The molecule has 3 rings (SSSR count). The second-order valence-corrected chi connectivity index (χ2v) is 5.83. The molecule has 1 N–H and O–H groups in total. The fourth-order valence-electron chi connectivity index (χ4n) is 2.29. The molecule has 1 aromatic carbocycles. The van der Waals surface area contributed by atoms with Crippen LogP contribution in [0, 0.1) is 6.92 Å². The molecule has 0 unspecified atom stereocenters. The Labute approximate surface area is 141 Å². The lowest BCUT2D eigenvalue weighted by Crippen LogP contribution is -2.24. The van der Waals surface area contributed by atoms with E-state index in [1.165, 1.54) is 30.0 Å². The summed E-state index contributed by atoms with van der Waals surface area (Å²) in [5.74, 6) is 0.532. The first kappa shape index (κ1) is 16.0. The van der Waals surface area contributed by atoms with E-state index in [-0.39, 0.29) is 11.2 Å². The van der Waals surface area contributed by atoms with Gasteiger partial charge in [-0.1, -0.05) is 0 Å². The maximum Gasteiger partial charge on any atom is 0.282 e. The van der Waals surface area contributed by atoms with Crippen molar-refractivity contribution in [2.75, 3.05) is 19.5 Å². The summed E-state index contributed by atoms with van der Waals surface area (Å²) in [5.41, 5.74) is 0.663. The predicted octanol–water partition coefficient (Wildman–Crippen LogP) is 2.33. The van der Waals surface area contributed by atoms with Crippen LogP contribution in [0.3, 0.4) is 0 Å². The third kappa shape index (κ3) is 2.71. The topological polar surface area (TPSA) is 81.9 Å². The van der Waals surface area contributed by atoms with Gasteiger partial charge >= 0.3 is 0 Å². The summed E-state index contributed by atoms with van der Waals surface area (Å²) < 4.78 is 11.7. The standard InChI is InChI=1S/C16H15N3O4S/c1-9-13(15(21)19-6-7-24-16(19)17-9)18-14(20)10-4-5-11(22-2)12(8-10)23-3/h4-8H,1-3H3,(H,18,20). The van der Waals surface area contributed by atoms with E-state index in [1.54, 1.807) is 36.7 Å². The molecule has 2 heterocycles. The predicted molar refractivity (Wildman–Crippen MR) is 91.6 cm³/mol. The average Bonchev–Trinajstić information content (AvgIpc) is 3.06. The molecule has 8 heteroatoms. The number of fused-ring (bicyclic) bond motifs is 1. The van der Waals surface area contributed by atoms with Crippen LogP contribution in [0.2, 0.25) is 0 Å². The van der Waals surface area contributed by atoms with Gasteiger partial charge in [0.15, 0.2) is 16.5 Å². The molecule has 0 saturated carbocycles. The van der Waals surface area contributed by atoms with Crippen molar-refractivity contribution in [3.8, 4) is 11.5 Å². The Hall–Kier alpha value is -2.87. The van der Waals surface area contributed by atoms with E-state index in [2.05, 4.69) is 10.3 Å². The van der Waals surface area contributed by atoms with Crippen LogP contribution in [0.5, 0.6) is 11.5 Å². The molecule has 2 aromatic heterocycles. The largest absolute Gasteiger partial charge is 0.493 e. The van der Waals surface area contributed by atoms with Crippen molar-refractivity contribution in [3.05, 3.63) is 51.4 Å². The number of thiazole rings is 1. The number of amides is 1. The zero-order valence-corrected chi connectivity index (χ0v) is 14.1. The monoisotopic (exact) mass is 345 g/mol. The van der Waals surface area contributed by atoms with Crippen molar-refractivity contribution >= 4 is 27.9 Å². The van der Waals surface area contributed by atoms with Gasteiger partial charge < -0.3 is 14.8 Å². The van der Waals surface area contributed by atoms with Crippen molar-refractivity contribution in [1.29, 1.82) is 0 Å². The lowest BCUT2D eigenvalue weighted by molar-refractivity contribution is 0.102. The fourth-order valence-corrected chi connectivity index (χ4v) is 3.04. The number of benzene rings is 1. The van der Waals surface area contributed by atoms with Crippen molar-refractivity contribution in [2.24, 2.45) is 0 Å². The van der Waals surface area contributed by atoms with Gasteiger partial charge in [-0.05, 0) is 25.1 Å². The highest BCUT2D eigenvalue weighted by atomic mass is 32.1. The first-order valence-corrected chi connectivity index (χ1v) is 7.93. The molecular formula is C16H15N3O4S. The van der Waals surface area contributed by atoms with Gasteiger partial charge in [-0.15, -0.1) is 11.3 Å². The van der Waals surface area contributed by atoms with Crippen LogP contribution in [0.1, 0.15) is 16.1 Å². The van der Waals surface area contributed by atoms with Crippen molar-refractivity contribution in [1.82, 2.24) is 9.38 Å². The molecule has 24 heavy (non-hydrogen) atoms. The Morgan fingerprint density at radius 1 is 1.25 bits per heavy atom. The summed E-state index contributed by atoms with van der Waals surface area (Å²) in [4.78, 5) is 29.9. The minimum absolute atomic E-state index is 0.158. The summed E-state index contributed by atoms with van der Waals surface area (Å²) in [6.45, 7) is 1.69. The molecule has 0 fully saturated rings. The van der Waals surface area contributed by atoms with Crippen molar-refractivity contribution in [2.45, 2.75) is 6.92 Å². The maximum absolute atomic E-state index is 12.5. The van der Waals surface area contributed by atoms with Gasteiger partial charge in [0.25, 0.3) is 11.5 Å². The first-order chi connectivity index (χ1) is 11.5. The van der Waals surface area contributed by atoms with Crippen LogP contribution >= 0.6 is 11.3 Å². The third-order valence-electron chi connectivity index (χ3n) is 3.53. The van der Waals surface area contributed by atoms with Crippen molar-refractivity contribution in [3.63, 3.8) is 0 Å². The summed E-state index contributed by atoms with van der Waals surface area (Å²) in [6, 6.07) is 4.78. The number of hydrogen-bond donors (Lipinski definition) is 1. The van der Waals surface area contributed by atoms with Crippen LogP contribution in [0.15, 0.2) is 34.6 Å². The van der Waals surface area contributed by atoms with E-state index in [1.807, 2.05) is 0 Å². The zero-order chi connectivity index (χ0) is 17.3. The fraction of sp³-hybridized carbons (Fsp3) is 0.188. The van der Waals surface area contributed by atoms with Crippen LogP contribution in [0.4, 0.5) is 5.69 Å². The molecule has 124 valence electrons. The highest BCUT2D eigenvalue weighted by Crippen LogP contribution is 2.27. The number of carbonyl (C=O) groups excluding carboxylic acids is 1. The quantitative estimate of drug-likeness (QED) is 0.785. The molecule has 1 amide bonds. The molecule has 0 radical (unpaired) electrons. The molecule has 0 aliphatic rings. The van der Waals surface area contributed by atoms with E-state index in [0.29, 0.717) is 27.7 Å². The summed E-state index contributed by atoms with van der Waals surface area (Å²) in [5, 5.41) is 4.41. The van der Waals surface area contributed by atoms with Gasteiger partial charge in [-0.2, -0.15) is 0 Å². The Morgan fingerprint density at radius 2 is 2.00 bits per heavy atom. The van der Waals surface area contributed by atoms with E-state index in [4.69, 9.17) is 9.47 Å². The molecular weight excluding hydrogens is 330 g/mol. The van der Waals surface area contributed by atoms with Crippen LogP contribution in [-0.4, -0.2) is 29.5 Å². The lowest BCUT2D eigenvalue weighted by atomic mass is 10.2. The van der Waals surface area contributed by atoms with Gasteiger partial charge in [-0.3, -0.25) is 14.0 Å². The average molecular weight is 345 g/mol. The number of ether oxygens (including phenoxy) is 2. The Kier molecular flexibility index (Phi) is 4.22. The molecule has 7 nitrogen and oxygen atoms in total. The number of hydrogen-bond acceptors (Lipinski definition) is 6. The highest BCUT2D eigenvalue weighted by molar-refractivity contribution is 7.15. The lowest BCUT2D eigenvalue weighted by Gasteiger charge is -2.11. The molecule has 0 aliphatic heterocycles. The van der Waals surface area contributed by atoms with E-state index >= 15 is 0 Å². The smallest absolute Gasteiger partial charge is 0.282 e. The molecule has 0 atom stereocenters. The van der Waals surface area contributed by atoms with E-state index in [9.17, 15) is 9.59 Å². The minimum Gasteiger partial charge on any atom is -0.493 e. The summed E-state index contributed by atoms with van der Waals surface area (Å²) in [6.07, 6.45) is 1.63. The molecule has 0 aliphatic carbocycles. The Balaban J connectivity index is 1.97. The number of nitrogens with zero attached hydrogens (tertiary/aromatic N) is 2.